The first-order chi connectivity index (χ1) is 14.7. The molecule has 2 aliphatic heterocycles. The van der Waals surface area contributed by atoms with Crippen molar-refractivity contribution in [3.05, 3.63) is 70.8 Å². The third kappa shape index (κ3) is 5.71. The van der Waals surface area contributed by atoms with Gasteiger partial charge in [-0.05, 0) is 74.5 Å². The molecule has 0 saturated carbocycles. The van der Waals surface area contributed by atoms with Crippen molar-refractivity contribution in [1.82, 2.24) is 15.1 Å². The molecule has 1 atom stereocenters. The zero-order valence-electron chi connectivity index (χ0n) is 18.3. The van der Waals surface area contributed by atoms with Crippen LogP contribution < -0.4 is 5.32 Å². The number of likely N-dealkylation sites (tertiary alicyclic amines) is 2. The molecular weight excluding hydrogens is 370 g/mol. The monoisotopic (exact) mass is 405 g/mol. The van der Waals surface area contributed by atoms with E-state index < -0.39 is 0 Å². The maximum atomic E-state index is 12.8. The molecule has 1 amide bonds. The third-order valence-corrected chi connectivity index (χ3v) is 6.63. The van der Waals surface area contributed by atoms with Crippen LogP contribution in [0.4, 0.5) is 0 Å². The van der Waals surface area contributed by atoms with E-state index in [1.165, 1.54) is 48.2 Å². The molecule has 0 bridgehead atoms. The molecule has 4 heteroatoms. The standard InChI is InChI=1S/C26H35N3O/c1-21-7-2-3-8-24(21)19-29-16-6-9-25(20-29)26(30)27-17-22-10-12-23(13-11-22)18-28-14-4-5-15-28/h2-3,7-8,10-13,25H,4-6,9,14-20H2,1H3,(H,27,30). The molecule has 2 aromatic carbocycles. The number of hydrogen-bond donors (Lipinski definition) is 1. The van der Waals surface area contributed by atoms with Crippen molar-refractivity contribution >= 4 is 5.91 Å². The summed E-state index contributed by atoms with van der Waals surface area (Å²) in [5, 5.41) is 3.18. The normalized spacial score (nSPS) is 20.4. The van der Waals surface area contributed by atoms with Gasteiger partial charge in [-0.2, -0.15) is 0 Å². The molecule has 2 fully saturated rings. The number of piperidine rings is 1. The van der Waals surface area contributed by atoms with Crippen molar-refractivity contribution in [2.75, 3.05) is 26.2 Å². The minimum absolute atomic E-state index is 0.0946. The highest BCUT2D eigenvalue weighted by molar-refractivity contribution is 5.79. The fraction of sp³-hybridized carbons (Fsp3) is 0.500. The van der Waals surface area contributed by atoms with Crippen molar-refractivity contribution in [2.45, 2.75) is 52.2 Å². The van der Waals surface area contributed by atoms with E-state index in [9.17, 15) is 4.79 Å². The van der Waals surface area contributed by atoms with Crippen LogP contribution in [0.25, 0.3) is 0 Å². The Hall–Kier alpha value is -2.17. The van der Waals surface area contributed by atoms with Crippen molar-refractivity contribution in [3.63, 3.8) is 0 Å². The molecule has 2 saturated heterocycles. The van der Waals surface area contributed by atoms with Crippen LogP contribution in [0, 0.1) is 12.8 Å². The zero-order valence-corrected chi connectivity index (χ0v) is 18.3. The molecule has 160 valence electrons. The van der Waals surface area contributed by atoms with E-state index in [0.717, 1.165) is 39.0 Å². The van der Waals surface area contributed by atoms with Crippen LogP contribution in [0.3, 0.4) is 0 Å². The fourth-order valence-electron chi connectivity index (χ4n) is 4.74. The first kappa shape index (κ1) is 21.1. The van der Waals surface area contributed by atoms with Crippen LogP contribution in [0.15, 0.2) is 48.5 Å². The van der Waals surface area contributed by atoms with Crippen LogP contribution in [-0.2, 0) is 24.4 Å². The quantitative estimate of drug-likeness (QED) is 0.753. The smallest absolute Gasteiger partial charge is 0.224 e. The van der Waals surface area contributed by atoms with Gasteiger partial charge in [0.2, 0.25) is 5.91 Å². The molecule has 2 heterocycles. The molecule has 0 radical (unpaired) electrons. The number of amides is 1. The first-order valence-electron chi connectivity index (χ1n) is 11.5. The number of aryl methyl sites for hydroxylation is 1. The summed E-state index contributed by atoms with van der Waals surface area (Å²) in [7, 11) is 0. The minimum Gasteiger partial charge on any atom is -0.352 e. The lowest BCUT2D eigenvalue weighted by molar-refractivity contribution is -0.126. The predicted octanol–water partition coefficient (Wildman–Crippen LogP) is 4.12. The number of carbonyl (C=O) groups excluding carboxylic acids is 1. The predicted molar refractivity (Wildman–Crippen MR) is 122 cm³/mol. The summed E-state index contributed by atoms with van der Waals surface area (Å²) in [4.78, 5) is 17.7. The third-order valence-electron chi connectivity index (χ3n) is 6.63. The van der Waals surface area contributed by atoms with E-state index in [-0.39, 0.29) is 11.8 Å². The maximum absolute atomic E-state index is 12.8. The summed E-state index contributed by atoms with van der Waals surface area (Å²) in [5.74, 6) is 0.294. The topological polar surface area (TPSA) is 35.6 Å². The molecule has 1 N–H and O–H groups in total. The molecule has 30 heavy (non-hydrogen) atoms. The van der Waals surface area contributed by atoms with Gasteiger partial charge in [-0.1, -0.05) is 48.5 Å². The Morgan fingerprint density at radius 1 is 0.900 bits per heavy atom. The van der Waals surface area contributed by atoms with Crippen molar-refractivity contribution in [3.8, 4) is 0 Å². The fourth-order valence-corrected chi connectivity index (χ4v) is 4.74. The van der Waals surface area contributed by atoms with Crippen LogP contribution in [0.1, 0.15) is 47.9 Å². The number of hydrogen-bond acceptors (Lipinski definition) is 3. The van der Waals surface area contributed by atoms with Gasteiger partial charge in [-0.3, -0.25) is 14.6 Å². The van der Waals surface area contributed by atoms with Crippen molar-refractivity contribution in [1.29, 1.82) is 0 Å². The lowest BCUT2D eigenvalue weighted by Gasteiger charge is -2.32. The first-order valence-corrected chi connectivity index (χ1v) is 11.5. The highest BCUT2D eigenvalue weighted by Gasteiger charge is 2.25. The minimum atomic E-state index is 0.0946. The number of carbonyl (C=O) groups is 1. The number of rotatable bonds is 7. The van der Waals surface area contributed by atoms with E-state index in [1.807, 2.05) is 0 Å². The van der Waals surface area contributed by atoms with E-state index in [4.69, 9.17) is 0 Å². The molecule has 2 aromatic rings. The lowest BCUT2D eigenvalue weighted by atomic mass is 9.96. The Bertz CT molecular complexity index is 826. The van der Waals surface area contributed by atoms with Crippen molar-refractivity contribution < 1.29 is 4.79 Å². The molecular formula is C26H35N3O. The van der Waals surface area contributed by atoms with Crippen molar-refractivity contribution in [2.24, 2.45) is 5.92 Å². The van der Waals surface area contributed by atoms with Crippen LogP contribution in [-0.4, -0.2) is 41.9 Å². The van der Waals surface area contributed by atoms with Gasteiger partial charge in [0.05, 0.1) is 5.92 Å². The van der Waals surface area contributed by atoms with Gasteiger partial charge in [0.25, 0.3) is 0 Å². The van der Waals surface area contributed by atoms with E-state index in [0.29, 0.717) is 6.54 Å². The molecule has 4 rings (SSSR count). The number of nitrogens with one attached hydrogen (secondary N) is 1. The molecule has 0 aliphatic carbocycles. The van der Waals surface area contributed by atoms with Gasteiger partial charge in [0.1, 0.15) is 0 Å². The maximum Gasteiger partial charge on any atom is 0.224 e. The molecule has 2 aliphatic rings. The second-order valence-electron chi connectivity index (χ2n) is 9.02. The average Bonchev–Trinajstić information content (AvgIpc) is 3.28. The van der Waals surface area contributed by atoms with E-state index in [1.54, 1.807) is 0 Å². The van der Waals surface area contributed by atoms with Crippen LogP contribution in [0.2, 0.25) is 0 Å². The number of nitrogens with zero attached hydrogens (tertiary/aromatic N) is 2. The SMILES string of the molecule is Cc1ccccc1CN1CCCC(C(=O)NCc2ccc(CN3CCCC3)cc2)C1. The van der Waals surface area contributed by atoms with E-state index in [2.05, 4.69) is 70.6 Å². The number of benzene rings is 2. The van der Waals surface area contributed by atoms with Gasteiger partial charge in [-0.25, -0.2) is 0 Å². The summed E-state index contributed by atoms with van der Waals surface area (Å²) in [6.45, 7) is 9.16. The second kappa shape index (κ2) is 10.2. The Balaban J connectivity index is 1.24. The van der Waals surface area contributed by atoms with Gasteiger partial charge in [0.15, 0.2) is 0 Å². The summed E-state index contributed by atoms with van der Waals surface area (Å²) < 4.78 is 0. The Morgan fingerprint density at radius 2 is 1.60 bits per heavy atom. The van der Waals surface area contributed by atoms with Gasteiger partial charge < -0.3 is 5.32 Å². The summed E-state index contributed by atoms with van der Waals surface area (Å²) in [6, 6.07) is 17.3. The molecule has 0 spiro atoms. The van der Waals surface area contributed by atoms with Crippen LogP contribution >= 0.6 is 0 Å². The Morgan fingerprint density at radius 3 is 2.37 bits per heavy atom. The summed E-state index contributed by atoms with van der Waals surface area (Å²) in [5.41, 5.74) is 5.25. The highest BCUT2D eigenvalue weighted by atomic mass is 16.1. The zero-order chi connectivity index (χ0) is 20.8. The molecule has 0 aromatic heterocycles. The van der Waals surface area contributed by atoms with E-state index >= 15 is 0 Å². The summed E-state index contributed by atoms with van der Waals surface area (Å²) in [6.07, 6.45) is 4.74. The Kier molecular flexibility index (Phi) is 7.19. The Labute approximate surface area is 181 Å². The van der Waals surface area contributed by atoms with Crippen LogP contribution in [0.5, 0.6) is 0 Å². The van der Waals surface area contributed by atoms with Gasteiger partial charge in [0, 0.05) is 26.2 Å². The highest BCUT2D eigenvalue weighted by Crippen LogP contribution is 2.20. The molecule has 1 unspecified atom stereocenters. The van der Waals surface area contributed by atoms with Gasteiger partial charge >= 0.3 is 0 Å². The lowest BCUT2D eigenvalue weighted by Crippen LogP contribution is -2.42. The largest absolute Gasteiger partial charge is 0.352 e. The second-order valence-corrected chi connectivity index (χ2v) is 9.02. The van der Waals surface area contributed by atoms with Gasteiger partial charge in [-0.15, -0.1) is 0 Å². The summed E-state index contributed by atoms with van der Waals surface area (Å²) >= 11 is 0. The molecule has 4 nitrogen and oxygen atoms in total. The average molecular weight is 406 g/mol.